The van der Waals surface area contributed by atoms with E-state index < -0.39 is 0 Å². The van der Waals surface area contributed by atoms with E-state index in [1.807, 2.05) is 37.3 Å². The first-order valence-electron chi connectivity index (χ1n) is 9.10. The van der Waals surface area contributed by atoms with Crippen LogP contribution in [-0.4, -0.2) is 18.9 Å². The Kier molecular flexibility index (Phi) is 7.33. The summed E-state index contributed by atoms with van der Waals surface area (Å²) in [5.41, 5.74) is 4.13. The zero-order valence-electron chi connectivity index (χ0n) is 16.3. The summed E-state index contributed by atoms with van der Waals surface area (Å²) in [5, 5.41) is 3.98. The number of benzene rings is 2. The number of furan rings is 1. The molecule has 3 rings (SSSR count). The fraction of sp³-hybridized carbons (Fsp3) is 0.208. The number of rotatable bonds is 6. The van der Waals surface area contributed by atoms with Crippen molar-refractivity contribution in [3.8, 4) is 11.1 Å². The first kappa shape index (κ1) is 20.4. The molecule has 3 nitrogen and oxygen atoms in total. The van der Waals surface area contributed by atoms with Gasteiger partial charge in [0, 0.05) is 17.9 Å². The Morgan fingerprint density at radius 1 is 1.15 bits per heavy atom. The van der Waals surface area contributed by atoms with Crippen molar-refractivity contribution in [2.24, 2.45) is 0 Å². The molecule has 0 saturated carbocycles. The second-order valence-corrected chi connectivity index (χ2v) is 6.20. The van der Waals surface area contributed by atoms with Gasteiger partial charge in [-0.2, -0.15) is 0 Å². The molecule has 0 amide bonds. The molecule has 0 aliphatic carbocycles. The Morgan fingerprint density at radius 3 is 2.33 bits per heavy atom. The molecular weight excluding hydrogens is 334 g/mol. The van der Waals surface area contributed by atoms with Gasteiger partial charge >= 0.3 is 0 Å². The van der Waals surface area contributed by atoms with Crippen molar-refractivity contribution in [1.29, 1.82) is 0 Å². The van der Waals surface area contributed by atoms with Gasteiger partial charge in [-0.3, -0.25) is 4.79 Å². The summed E-state index contributed by atoms with van der Waals surface area (Å²) in [7, 11) is 1.80. The predicted molar refractivity (Wildman–Crippen MR) is 118 cm³/mol. The Morgan fingerprint density at radius 2 is 1.85 bits per heavy atom. The predicted octanol–water partition coefficient (Wildman–Crippen LogP) is 6.21. The summed E-state index contributed by atoms with van der Waals surface area (Å²) < 4.78 is 5.94. The number of carbonyl (C=O) groups is 1. The minimum atomic E-state index is 0. The molecule has 27 heavy (non-hydrogen) atoms. The molecule has 0 saturated heterocycles. The zero-order valence-corrected chi connectivity index (χ0v) is 16.3. The minimum Gasteiger partial charge on any atom is -0.455 e. The topological polar surface area (TPSA) is 42.2 Å². The normalized spacial score (nSPS) is 11.4. The maximum absolute atomic E-state index is 10.5. The molecule has 1 N–H and O–H groups in total. The quantitative estimate of drug-likeness (QED) is 0.566. The lowest BCUT2D eigenvalue weighted by molar-refractivity contribution is -0.118. The second kappa shape index (κ2) is 9.70. The van der Waals surface area contributed by atoms with Crippen LogP contribution < -0.4 is 5.32 Å². The molecule has 1 heterocycles. The second-order valence-electron chi connectivity index (χ2n) is 6.20. The van der Waals surface area contributed by atoms with Gasteiger partial charge in [0.1, 0.15) is 17.1 Å². The van der Waals surface area contributed by atoms with Crippen LogP contribution in [0.5, 0.6) is 0 Å². The standard InChI is InChI=1S/C18H14O.C6H13NO.H2/c1-3-14-16-12-8-11-15(13-9-6-5-7-10-13)18(16)19-17(14)4-2;1-4-6(7-3)5(2)8;/h3-12H,1-2H2;6-7H,4H2,1-3H3;1H/t;6-;/m.0./s1. The molecule has 0 aliphatic rings. The number of para-hydroxylation sites is 1. The van der Waals surface area contributed by atoms with Crippen LogP contribution >= 0.6 is 0 Å². The van der Waals surface area contributed by atoms with Crippen LogP contribution in [0.2, 0.25) is 0 Å². The van der Waals surface area contributed by atoms with Crippen LogP contribution in [0.4, 0.5) is 0 Å². The van der Waals surface area contributed by atoms with Crippen molar-refractivity contribution >= 4 is 28.9 Å². The van der Waals surface area contributed by atoms with E-state index in [1.165, 1.54) is 0 Å². The van der Waals surface area contributed by atoms with Gasteiger partial charge in [0.05, 0.1) is 6.04 Å². The summed E-state index contributed by atoms with van der Waals surface area (Å²) in [6.07, 6.45) is 4.43. The van der Waals surface area contributed by atoms with Crippen LogP contribution in [-0.2, 0) is 4.79 Å². The molecule has 0 spiro atoms. The van der Waals surface area contributed by atoms with Gasteiger partial charge in [-0.15, -0.1) is 0 Å². The highest BCUT2D eigenvalue weighted by molar-refractivity contribution is 5.99. The first-order valence-corrected chi connectivity index (χ1v) is 9.10. The van der Waals surface area contributed by atoms with E-state index >= 15 is 0 Å². The number of fused-ring (bicyclic) bond motifs is 1. The lowest BCUT2D eigenvalue weighted by Gasteiger charge is -2.07. The highest BCUT2D eigenvalue weighted by Crippen LogP contribution is 2.34. The first-order chi connectivity index (χ1) is 13.1. The molecule has 0 unspecified atom stereocenters. The summed E-state index contributed by atoms with van der Waals surface area (Å²) in [6, 6.07) is 16.5. The molecule has 3 heteroatoms. The van der Waals surface area contributed by atoms with E-state index in [0.717, 1.165) is 39.8 Å². The Bertz CT molecular complexity index is 924. The van der Waals surface area contributed by atoms with Gasteiger partial charge < -0.3 is 9.73 Å². The SMILES string of the molecule is C=Cc1oc2c(-c3ccccc3)cccc2c1C=C.CC[C@H](NC)C(C)=O.[HH]. The molecule has 0 bridgehead atoms. The van der Waals surface area contributed by atoms with Crippen molar-refractivity contribution in [2.75, 3.05) is 7.05 Å². The maximum atomic E-state index is 10.5. The smallest absolute Gasteiger partial charge is 0.146 e. The Labute approximate surface area is 162 Å². The van der Waals surface area contributed by atoms with E-state index in [4.69, 9.17) is 4.42 Å². The molecule has 142 valence electrons. The number of hydrogen-bond acceptors (Lipinski definition) is 3. The minimum absolute atomic E-state index is 0. The Balaban J connectivity index is 0.000000376. The van der Waals surface area contributed by atoms with Gasteiger partial charge in [0.25, 0.3) is 0 Å². The summed E-state index contributed by atoms with van der Waals surface area (Å²) in [5.74, 6) is 0.989. The molecule has 3 aromatic rings. The third-order valence-electron chi connectivity index (χ3n) is 4.50. The van der Waals surface area contributed by atoms with E-state index in [0.29, 0.717) is 0 Å². The van der Waals surface area contributed by atoms with Crippen molar-refractivity contribution in [3.63, 3.8) is 0 Å². The molecule has 0 fully saturated rings. The molecule has 0 aliphatic heterocycles. The monoisotopic (exact) mass is 363 g/mol. The van der Waals surface area contributed by atoms with Crippen molar-refractivity contribution in [2.45, 2.75) is 26.3 Å². The van der Waals surface area contributed by atoms with Gasteiger partial charge in [-0.25, -0.2) is 0 Å². The molecule has 2 aromatic carbocycles. The molecule has 1 aromatic heterocycles. The van der Waals surface area contributed by atoms with Crippen LogP contribution in [0.25, 0.3) is 34.2 Å². The molecular formula is C24H29NO2. The number of hydrogen-bond donors (Lipinski definition) is 1. The van der Waals surface area contributed by atoms with Gasteiger partial charge in [-0.05, 0) is 32.0 Å². The maximum Gasteiger partial charge on any atom is 0.146 e. The average Bonchev–Trinajstić information content (AvgIpc) is 3.07. The molecule has 0 radical (unpaired) electrons. The van der Waals surface area contributed by atoms with E-state index in [2.05, 4.69) is 42.7 Å². The lowest BCUT2D eigenvalue weighted by atomic mass is 10.0. The van der Waals surface area contributed by atoms with Gasteiger partial charge in [0.15, 0.2) is 0 Å². The lowest BCUT2D eigenvalue weighted by Crippen LogP contribution is -2.31. The van der Waals surface area contributed by atoms with Crippen LogP contribution in [0.15, 0.2) is 66.1 Å². The van der Waals surface area contributed by atoms with Crippen molar-refractivity contribution in [3.05, 3.63) is 73.0 Å². The van der Waals surface area contributed by atoms with E-state index in [9.17, 15) is 4.79 Å². The van der Waals surface area contributed by atoms with Crippen LogP contribution in [0.3, 0.4) is 0 Å². The summed E-state index contributed by atoms with van der Waals surface area (Å²) in [4.78, 5) is 10.5. The summed E-state index contributed by atoms with van der Waals surface area (Å²) >= 11 is 0. The van der Waals surface area contributed by atoms with Crippen molar-refractivity contribution in [1.82, 2.24) is 5.32 Å². The fourth-order valence-corrected chi connectivity index (χ4v) is 3.06. The third kappa shape index (κ3) is 4.63. The zero-order chi connectivity index (χ0) is 19.8. The third-order valence-corrected chi connectivity index (χ3v) is 4.50. The number of Topliss-reactive ketones (excluding diaryl/α,β-unsaturated/α-hetero) is 1. The van der Waals surface area contributed by atoms with Crippen LogP contribution in [0.1, 0.15) is 33.0 Å². The number of carbonyl (C=O) groups excluding carboxylic acids is 1. The number of likely N-dealkylation sites (N-methyl/N-ethyl adjacent to an activating group) is 1. The van der Waals surface area contributed by atoms with Gasteiger partial charge in [-0.1, -0.05) is 74.7 Å². The van der Waals surface area contributed by atoms with Gasteiger partial charge in [0.2, 0.25) is 0 Å². The fourth-order valence-electron chi connectivity index (χ4n) is 3.06. The largest absolute Gasteiger partial charge is 0.455 e. The number of ketones is 1. The number of nitrogens with one attached hydrogen (secondary N) is 1. The Hall–Kier alpha value is -2.91. The highest BCUT2D eigenvalue weighted by Gasteiger charge is 2.13. The van der Waals surface area contributed by atoms with Crippen LogP contribution in [0, 0.1) is 0 Å². The van der Waals surface area contributed by atoms with Crippen molar-refractivity contribution < 1.29 is 10.6 Å². The van der Waals surface area contributed by atoms with E-state index in [-0.39, 0.29) is 13.3 Å². The average molecular weight is 364 g/mol. The highest BCUT2D eigenvalue weighted by atomic mass is 16.3. The van der Waals surface area contributed by atoms with E-state index in [1.54, 1.807) is 20.0 Å². The molecule has 1 atom stereocenters. The summed E-state index contributed by atoms with van der Waals surface area (Å²) in [6.45, 7) is 11.2.